The topological polar surface area (TPSA) is 80.7 Å². The third-order valence-corrected chi connectivity index (χ3v) is 3.18. The van der Waals surface area contributed by atoms with Crippen LogP contribution in [-0.2, 0) is 0 Å². The van der Waals surface area contributed by atoms with Gasteiger partial charge in [-0.3, -0.25) is 4.98 Å². The van der Waals surface area contributed by atoms with Crippen LogP contribution in [0.5, 0.6) is 5.75 Å². The van der Waals surface area contributed by atoms with E-state index in [0.29, 0.717) is 17.9 Å². The lowest BCUT2D eigenvalue weighted by atomic mass is 9.83. The van der Waals surface area contributed by atoms with E-state index in [1.165, 1.54) is 19.3 Å². The quantitative estimate of drug-likeness (QED) is 0.352. The Morgan fingerprint density at radius 2 is 2.41 bits per heavy atom. The minimum absolute atomic E-state index is 0.0473. The summed E-state index contributed by atoms with van der Waals surface area (Å²) in [7, 11) is 0. The smallest absolute Gasteiger partial charge is 0.173 e. The van der Waals surface area contributed by atoms with Crippen molar-refractivity contribution in [2.45, 2.75) is 25.7 Å². The average Bonchev–Trinajstić information content (AvgIpc) is 2.32. The summed E-state index contributed by atoms with van der Waals surface area (Å²) in [6, 6.07) is 1.67. The Balaban J connectivity index is 1.94. The zero-order chi connectivity index (χ0) is 12.1. The van der Waals surface area contributed by atoms with Crippen LogP contribution < -0.4 is 10.5 Å². The molecule has 1 aromatic heterocycles. The van der Waals surface area contributed by atoms with Gasteiger partial charge < -0.3 is 15.7 Å². The second-order valence-corrected chi connectivity index (χ2v) is 4.29. The van der Waals surface area contributed by atoms with E-state index in [1.807, 2.05) is 0 Å². The lowest BCUT2D eigenvalue weighted by Crippen LogP contribution is -2.17. The number of amidine groups is 1. The Morgan fingerprint density at radius 1 is 1.59 bits per heavy atom. The van der Waals surface area contributed by atoms with E-state index in [-0.39, 0.29) is 5.84 Å². The zero-order valence-corrected chi connectivity index (χ0v) is 9.67. The number of pyridine rings is 1. The van der Waals surface area contributed by atoms with Gasteiger partial charge in [0.1, 0.15) is 5.75 Å². The number of ether oxygens (including phenoxy) is 1. The lowest BCUT2D eigenvalue weighted by molar-refractivity contribution is 0.221. The minimum Gasteiger partial charge on any atom is -0.491 e. The van der Waals surface area contributed by atoms with Crippen molar-refractivity contribution in [1.29, 1.82) is 0 Å². The fourth-order valence-electron chi connectivity index (χ4n) is 1.88. The van der Waals surface area contributed by atoms with Gasteiger partial charge in [-0.05, 0) is 18.4 Å². The first kappa shape index (κ1) is 11.7. The van der Waals surface area contributed by atoms with Crippen LogP contribution in [0.4, 0.5) is 0 Å². The number of nitrogens with zero attached hydrogens (tertiary/aromatic N) is 2. The van der Waals surface area contributed by atoms with Gasteiger partial charge in [0.25, 0.3) is 0 Å². The summed E-state index contributed by atoms with van der Waals surface area (Å²) in [6.07, 6.45) is 8.20. The van der Waals surface area contributed by atoms with Gasteiger partial charge in [-0.2, -0.15) is 0 Å². The van der Waals surface area contributed by atoms with Crippen LogP contribution in [0.25, 0.3) is 0 Å². The largest absolute Gasteiger partial charge is 0.491 e. The van der Waals surface area contributed by atoms with Crippen LogP contribution >= 0.6 is 0 Å². The van der Waals surface area contributed by atoms with E-state index in [2.05, 4.69) is 10.1 Å². The first-order valence-corrected chi connectivity index (χ1v) is 5.86. The van der Waals surface area contributed by atoms with Crippen molar-refractivity contribution in [3.63, 3.8) is 0 Å². The van der Waals surface area contributed by atoms with Crippen LogP contribution in [-0.4, -0.2) is 22.6 Å². The molecule has 0 unspecified atom stereocenters. The highest BCUT2D eigenvalue weighted by molar-refractivity contribution is 5.99. The fraction of sp³-hybridized carbons (Fsp3) is 0.500. The third-order valence-electron chi connectivity index (χ3n) is 3.18. The maximum absolute atomic E-state index is 8.66. The van der Waals surface area contributed by atoms with Gasteiger partial charge in [0.05, 0.1) is 18.4 Å². The van der Waals surface area contributed by atoms with Crippen molar-refractivity contribution in [2.24, 2.45) is 16.8 Å². The first-order chi connectivity index (χ1) is 8.31. The fourth-order valence-corrected chi connectivity index (χ4v) is 1.88. The second-order valence-electron chi connectivity index (χ2n) is 4.29. The van der Waals surface area contributed by atoms with Gasteiger partial charge >= 0.3 is 0 Å². The summed E-state index contributed by atoms with van der Waals surface area (Å²) in [5, 5.41) is 11.6. The molecular formula is C12H17N3O2. The molecule has 0 aromatic carbocycles. The van der Waals surface area contributed by atoms with Crippen LogP contribution in [0.15, 0.2) is 23.6 Å². The molecule has 1 aliphatic rings. The Kier molecular flexibility index (Phi) is 3.80. The van der Waals surface area contributed by atoms with E-state index in [9.17, 15) is 0 Å². The summed E-state index contributed by atoms with van der Waals surface area (Å²) in [5.74, 6) is 1.42. The normalized spacial score (nSPS) is 16.6. The average molecular weight is 235 g/mol. The molecule has 92 valence electrons. The molecule has 1 aromatic rings. The minimum atomic E-state index is 0.0473. The Morgan fingerprint density at radius 3 is 3.06 bits per heavy atom. The van der Waals surface area contributed by atoms with Crippen molar-refractivity contribution >= 4 is 5.84 Å². The molecule has 1 saturated carbocycles. The summed E-state index contributed by atoms with van der Waals surface area (Å²) < 4.78 is 5.63. The van der Waals surface area contributed by atoms with Gasteiger partial charge in [-0.1, -0.05) is 24.4 Å². The molecule has 0 atom stereocenters. The van der Waals surface area contributed by atoms with E-state index in [1.54, 1.807) is 18.5 Å². The molecule has 0 spiro atoms. The molecule has 2 rings (SSSR count). The van der Waals surface area contributed by atoms with Crippen LogP contribution in [0, 0.1) is 5.92 Å². The molecule has 17 heavy (non-hydrogen) atoms. The molecule has 0 bridgehead atoms. The SMILES string of the molecule is N/C(=N/O)c1ccncc1OCCC1CCC1. The molecule has 1 aliphatic carbocycles. The van der Waals surface area contributed by atoms with Crippen molar-refractivity contribution in [1.82, 2.24) is 4.98 Å². The molecule has 0 amide bonds. The van der Waals surface area contributed by atoms with E-state index >= 15 is 0 Å². The first-order valence-electron chi connectivity index (χ1n) is 5.86. The lowest BCUT2D eigenvalue weighted by Gasteiger charge is -2.25. The number of aromatic nitrogens is 1. The number of nitrogens with two attached hydrogens (primary N) is 1. The number of oxime groups is 1. The van der Waals surface area contributed by atoms with Gasteiger partial charge in [0, 0.05) is 6.20 Å². The Labute approximate surface area is 100 Å². The highest BCUT2D eigenvalue weighted by atomic mass is 16.5. The highest BCUT2D eigenvalue weighted by Crippen LogP contribution is 2.29. The van der Waals surface area contributed by atoms with Gasteiger partial charge in [-0.15, -0.1) is 0 Å². The summed E-state index contributed by atoms with van der Waals surface area (Å²) >= 11 is 0. The molecule has 1 heterocycles. The van der Waals surface area contributed by atoms with Crippen molar-refractivity contribution < 1.29 is 9.94 Å². The zero-order valence-electron chi connectivity index (χ0n) is 9.67. The predicted octanol–water partition coefficient (Wildman–Crippen LogP) is 1.75. The van der Waals surface area contributed by atoms with Crippen LogP contribution in [0.1, 0.15) is 31.2 Å². The Hall–Kier alpha value is -1.78. The standard InChI is InChI=1S/C12H17N3O2/c13-12(15-16)10-4-6-14-8-11(10)17-7-5-9-2-1-3-9/h4,6,8-9,16H,1-3,5,7H2,(H2,13,15). The van der Waals surface area contributed by atoms with E-state index in [0.717, 1.165) is 12.3 Å². The predicted molar refractivity (Wildman–Crippen MR) is 64.2 cm³/mol. The van der Waals surface area contributed by atoms with Gasteiger partial charge in [0.15, 0.2) is 5.84 Å². The van der Waals surface area contributed by atoms with E-state index < -0.39 is 0 Å². The summed E-state index contributed by atoms with van der Waals surface area (Å²) in [5.41, 5.74) is 6.14. The highest BCUT2D eigenvalue weighted by Gasteiger charge is 2.17. The van der Waals surface area contributed by atoms with Gasteiger partial charge in [0.2, 0.25) is 0 Å². The van der Waals surface area contributed by atoms with Crippen molar-refractivity contribution in [3.8, 4) is 5.75 Å². The number of rotatable bonds is 5. The maximum atomic E-state index is 8.66. The van der Waals surface area contributed by atoms with Crippen molar-refractivity contribution in [2.75, 3.05) is 6.61 Å². The molecule has 3 N–H and O–H groups in total. The van der Waals surface area contributed by atoms with E-state index in [4.69, 9.17) is 15.7 Å². The molecular weight excluding hydrogens is 218 g/mol. The van der Waals surface area contributed by atoms with Crippen LogP contribution in [0.2, 0.25) is 0 Å². The summed E-state index contributed by atoms with van der Waals surface area (Å²) in [4.78, 5) is 3.98. The molecule has 0 saturated heterocycles. The summed E-state index contributed by atoms with van der Waals surface area (Å²) in [6.45, 7) is 0.655. The number of hydrogen-bond acceptors (Lipinski definition) is 4. The van der Waals surface area contributed by atoms with Crippen LogP contribution in [0.3, 0.4) is 0 Å². The molecule has 0 radical (unpaired) electrons. The molecule has 1 fully saturated rings. The third kappa shape index (κ3) is 2.87. The number of hydrogen-bond donors (Lipinski definition) is 2. The maximum Gasteiger partial charge on any atom is 0.173 e. The second kappa shape index (κ2) is 5.52. The molecule has 0 aliphatic heterocycles. The molecule has 5 nitrogen and oxygen atoms in total. The monoisotopic (exact) mass is 235 g/mol. The van der Waals surface area contributed by atoms with Crippen molar-refractivity contribution in [3.05, 3.63) is 24.0 Å². The molecule has 5 heteroatoms. The Bertz CT molecular complexity index is 402. The van der Waals surface area contributed by atoms with Gasteiger partial charge in [-0.25, -0.2) is 0 Å².